The van der Waals surface area contributed by atoms with Crippen LogP contribution in [0.5, 0.6) is 5.75 Å². The standard InChI is InChI=1S/C22H29FN4O.HI/c1-2-24-22(25-12-9-17-5-3-8-21(28)15-17)26-19-10-13-27(14-11-19)20-7-4-6-18(23)16-20;/h3-8,15-16,19,28H,2,9-14H2,1H3,(H2,24,25,26);1H. The topological polar surface area (TPSA) is 59.9 Å². The van der Waals surface area contributed by atoms with Gasteiger partial charge in [-0.15, -0.1) is 24.0 Å². The zero-order valence-electron chi connectivity index (χ0n) is 16.8. The second-order valence-corrected chi connectivity index (χ2v) is 7.07. The monoisotopic (exact) mass is 512 g/mol. The van der Waals surface area contributed by atoms with Gasteiger partial charge in [0.15, 0.2) is 5.96 Å². The van der Waals surface area contributed by atoms with Gasteiger partial charge in [0.1, 0.15) is 11.6 Å². The van der Waals surface area contributed by atoms with Crippen LogP contribution in [0.2, 0.25) is 0 Å². The van der Waals surface area contributed by atoms with Crippen LogP contribution in [-0.2, 0) is 6.42 Å². The number of piperidine rings is 1. The van der Waals surface area contributed by atoms with Crippen molar-refractivity contribution >= 4 is 35.6 Å². The summed E-state index contributed by atoms with van der Waals surface area (Å²) in [5.41, 5.74) is 2.02. The average Bonchev–Trinajstić information content (AvgIpc) is 2.69. The molecule has 0 aromatic heterocycles. The maximum atomic E-state index is 13.4. The predicted molar refractivity (Wildman–Crippen MR) is 128 cm³/mol. The van der Waals surface area contributed by atoms with Crippen molar-refractivity contribution < 1.29 is 9.50 Å². The van der Waals surface area contributed by atoms with E-state index in [0.29, 0.717) is 12.6 Å². The number of nitrogens with one attached hydrogen (secondary N) is 2. The van der Waals surface area contributed by atoms with E-state index in [4.69, 9.17) is 0 Å². The zero-order chi connectivity index (χ0) is 19.8. The van der Waals surface area contributed by atoms with Crippen molar-refractivity contribution in [1.29, 1.82) is 0 Å². The average molecular weight is 512 g/mol. The van der Waals surface area contributed by atoms with E-state index in [0.717, 1.165) is 56.1 Å². The molecule has 3 N–H and O–H groups in total. The molecule has 5 nitrogen and oxygen atoms in total. The lowest BCUT2D eigenvalue weighted by Gasteiger charge is -2.34. The Morgan fingerprint density at radius 3 is 2.62 bits per heavy atom. The summed E-state index contributed by atoms with van der Waals surface area (Å²) in [5.74, 6) is 0.925. The summed E-state index contributed by atoms with van der Waals surface area (Å²) in [5, 5.41) is 16.4. The number of hydrogen-bond acceptors (Lipinski definition) is 3. The maximum Gasteiger partial charge on any atom is 0.191 e. The lowest BCUT2D eigenvalue weighted by atomic mass is 10.0. The highest BCUT2D eigenvalue weighted by Gasteiger charge is 2.20. The van der Waals surface area contributed by atoms with Crippen molar-refractivity contribution in [3.63, 3.8) is 0 Å². The summed E-state index contributed by atoms with van der Waals surface area (Å²) < 4.78 is 13.4. The van der Waals surface area contributed by atoms with E-state index in [1.165, 1.54) is 6.07 Å². The van der Waals surface area contributed by atoms with E-state index in [1.54, 1.807) is 24.3 Å². The van der Waals surface area contributed by atoms with Gasteiger partial charge in [-0.1, -0.05) is 18.2 Å². The number of aromatic hydroxyl groups is 1. The molecule has 2 aromatic carbocycles. The molecular weight excluding hydrogens is 482 g/mol. The van der Waals surface area contributed by atoms with Gasteiger partial charge in [-0.05, 0) is 62.1 Å². The Bertz CT molecular complexity index is 794. The van der Waals surface area contributed by atoms with Gasteiger partial charge in [0.25, 0.3) is 0 Å². The van der Waals surface area contributed by atoms with Gasteiger partial charge in [-0.3, -0.25) is 4.99 Å². The molecule has 0 saturated carbocycles. The fraction of sp³-hybridized carbons (Fsp3) is 0.409. The summed E-state index contributed by atoms with van der Waals surface area (Å²) in [7, 11) is 0. The van der Waals surface area contributed by atoms with Gasteiger partial charge in [-0.2, -0.15) is 0 Å². The van der Waals surface area contributed by atoms with E-state index in [-0.39, 0.29) is 35.5 Å². The van der Waals surface area contributed by atoms with Gasteiger partial charge in [0.05, 0.1) is 0 Å². The fourth-order valence-corrected chi connectivity index (χ4v) is 3.48. The van der Waals surface area contributed by atoms with Crippen molar-refractivity contribution in [1.82, 2.24) is 10.6 Å². The Labute approximate surface area is 189 Å². The minimum atomic E-state index is -0.189. The highest BCUT2D eigenvalue weighted by molar-refractivity contribution is 14.0. The van der Waals surface area contributed by atoms with Gasteiger partial charge >= 0.3 is 0 Å². The Morgan fingerprint density at radius 1 is 1.17 bits per heavy atom. The first-order valence-electron chi connectivity index (χ1n) is 9.97. The molecule has 1 aliphatic rings. The van der Waals surface area contributed by atoms with Crippen LogP contribution < -0.4 is 15.5 Å². The van der Waals surface area contributed by atoms with Crippen LogP contribution in [0.1, 0.15) is 25.3 Å². The quantitative estimate of drug-likeness (QED) is 0.312. The molecule has 0 radical (unpaired) electrons. The lowest BCUT2D eigenvalue weighted by Crippen LogP contribution is -2.48. The molecule has 0 unspecified atom stereocenters. The Kier molecular flexibility index (Phi) is 9.50. The molecule has 29 heavy (non-hydrogen) atoms. The summed E-state index contributed by atoms with van der Waals surface area (Å²) in [6.07, 6.45) is 2.74. The summed E-state index contributed by atoms with van der Waals surface area (Å²) in [4.78, 5) is 6.90. The van der Waals surface area contributed by atoms with E-state index >= 15 is 0 Å². The first-order valence-corrected chi connectivity index (χ1v) is 9.97. The van der Waals surface area contributed by atoms with Crippen LogP contribution >= 0.6 is 24.0 Å². The van der Waals surface area contributed by atoms with E-state index in [1.807, 2.05) is 18.2 Å². The number of halogens is 2. The molecule has 7 heteroatoms. The van der Waals surface area contributed by atoms with Crippen molar-refractivity contribution in [2.45, 2.75) is 32.2 Å². The molecule has 0 bridgehead atoms. The normalized spacial score (nSPS) is 15.0. The number of aliphatic imine (C=N–C) groups is 1. The van der Waals surface area contributed by atoms with Gasteiger partial charge in [0.2, 0.25) is 0 Å². The molecule has 2 aromatic rings. The number of guanidine groups is 1. The summed E-state index contributed by atoms with van der Waals surface area (Å²) in [6.45, 7) is 5.30. The molecule has 158 valence electrons. The van der Waals surface area contributed by atoms with Crippen molar-refractivity contribution in [2.75, 3.05) is 31.1 Å². The highest BCUT2D eigenvalue weighted by atomic mass is 127. The van der Waals surface area contributed by atoms with Crippen molar-refractivity contribution in [2.24, 2.45) is 4.99 Å². The summed E-state index contributed by atoms with van der Waals surface area (Å²) in [6, 6.07) is 14.5. The van der Waals surface area contributed by atoms with Gasteiger partial charge in [0, 0.05) is 37.9 Å². The molecule has 1 fully saturated rings. The molecule has 0 spiro atoms. The Balaban J connectivity index is 0.00000300. The van der Waals surface area contributed by atoms with E-state index in [2.05, 4.69) is 27.4 Å². The van der Waals surface area contributed by atoms with Crippen LogP contribution in [0.25, 0.3) is 0 Å². The third-order valence-electron chi connectivity index (χ3n) is 4.93. The lowest BCUT2D eigenvalue weighted by molar-refractivity contribution is 0.461. The number of phenols is 1. The fourth-order valence-electron chi connectivity index (χ4n) is 3.48. The first-order chi connectivity index (χ1) is 13.6. The zero-order valence-corrected chi connectivity index (χ0v) is 19.1. The molecule has 1 heterocycles. The summed E-state index contributed by atoms with van der Waals surface area (Å²) >= 11 is 0. The SMILES string of the molecule is CCNC(=NCCc1cccc(O)c1)NC1CCN(c2cccc(F)c2)CC1.I. The molecule has 0 atom stereocenters. The Hall–Kier alpha value is -2.03. The van der Waals surface area contributed by atoms with E-state index in [9.17, 15) is 9.50 Å². The van der Waals surface area contributed by atoms with Gasteiger partial charge in [-0.25, -0.2) is 4.39 Å². The van der Waals surface area contributed by atoms with Crippen LogP contribution in [0, 0.1) is 5.82 Å². The second-order valence-electron chi connectivity index (χ2n) is 7.07. The van der Waals surface area contributed by atoms with Crippen LogP contribution in [0.4, 0.5) is 10.1 Å². The molecule has 1 saturated heterocycles. The minimum absolute atomic E-state index is 0. The number of rotatable bonds is 6. The Morgan fingerprint density at radius 2 is 1.93 bits per heavy atom. The van der Waals surface area contributed by atoms with E-state index < -0.39 is 0 Å². The van der Waals surface area contributed by atoms with Crippen LogP contribution in [0.3, 0.4) is 0 Å². The van der Waals surface area contributed by atoms with Crippen molar-refractivity contribution in [3.8, 4) is 5.75 Å². The predicted octanol–water partition coefficient (Wildman–Crippen LogP) is 3.92. The third kappa shape index (κ3) is 7.38. The second kappa shape index (κ2) is 11.8. The third-order valence-corrected chi connectivity index (χ3v) is 4.93. The molecule has 0 amide bonds. The molecule has 3 rings (SSSR count). The minimum Gasteiger partial charge on any atom is -0.508 e. The largest absolute Gasteiger partial charge is 0.508 e. The van der Waals surface area contributed by atoms with Crippen molar-refractivity contribution in [3.05, 3.63) is 59.9 Å². The molecule has 1 aliphatic heterocycles. The van der Waals surface area contributed by atoms with Gasteiger partial charge < -0.3 is 20.6 Å². The maximum absolute atomic E-state index is 13.4. The number of hydrogen-bond donors (Lipinski definition) is 3. The van der Waals surface area contributed by atoms with Crippen LogP contribution in [-0.4, -0.2) is 43.3 Å². The number of phenolic OH excluding ortho intramolecular Hbond substituents is 1. The first kappa shape index (κ1) is 23.3. The highest BCUT2D eigenvalue weighted by Crippen LogP contribution is 2.20. The number of benzene rings is 2. The molecule has 0 aliphatic carbocycles. The number of anilines is 1. The van der Waals surface area contributed by atoms with Crippen LogP contribution in [0.15, 0.2) is 53.5 Å². The smallest absolute Gasteiger partial charge is 0.191 e. The molecular formula is C22H30FIN4O. The number of nitrogens with zero attached hydrogens (tertiary/aromatic N) is 2.